The summed E-state index contributed by atoms with van der Waals surface area (Å²) in [6.45, 7) is 0.0209. The van der Waals surface area contributed by atoms with Crippen LogP contribution in [-0.4, -0.2) is 41.3 Å². The maximum absolute atomic E-state index is 12.1. The molecule has 1 aromatic heterocycles. The molecule has 1 heterocycles. The number of amides is 1. The van der Waals surface area contributed by atoms with Gasteiger partial charge in [0.2, 0.25) is 0 Å². The lowest BCUT2D eigenvalue weighted by molar-refractivity contribution is -0.121. The van der Waals surface area contributed by atoms with E-state index in [-0.39, 0.29) is 12.5 Å². The quantitative estimate of drug-likeness (QED) is 0.544. The van der Waals surface area contributed by atoms with Crippen molar-refractivity contribution in [1.29, 1.82) is 0 Å². The van der Waals surface area contributed by atoms with Crippen molar-refractivity contribution >= 4 is 23.2 Å². The van der Waals surface area contributed by atoms with Crippen LogP contribution in [0.1, 0.15) is 5.56 Å². The number of nitrogens with zero attached hydrogens (tertiary/aromatic N) is 4. The lowest BCUT2D eigenvalue weighted by Crippen LogP contribution is -2.23. The van der Waals surface area contributed by atoms with Gasteiger partial charge in [0, 0.05) is 5.56 Å². The van der Waals surface area contributed by atoms with Crippen molar-refractivity contribution in [2.24, 2.45) is 5.10 Å². The standard InChI is InChI=1S/C17H17N5O3/c1-24-15-9-5-6-12(17(15)25-2)10-18-20-16(23)11-22-14-8-4-3-7-13(14)19-21-22/h3-10H,11H2,1-2H3,(H,20,23)/b18-10+. The molecule has 0 aliphatic heterocycles. The SMILES string of the molecule is COc1cccc(/C=N/NC(=O)Cn2nnc3ccccc32)c1OC. The summed E-state index contributed by atoms with van der Waals surface area (Å²) < 4.78 is 12.0. The van der Waals surface area contributed by atoms with Crippen LogP contribution in [0.15, 0.2) is 47.6 Å². The number of rotatable bonds is 6. The molecule has 0 bridgehead atoms. The van der Waals surface area contributed by atoms with Crippen molar-refractivity contribution in [3.8, 4) is 11.5 Å². The topological polar surface area (TPSA) is 90.6 Å². The number of fused-ring (bicyclic) bond motifs is 1. The molecule has 8 heteroatoms. The average molecular weight is 339 g/mol. The van der Waals surface area contributed by atoms with Crippen molar-refractivity contribution in [2.45, 2.75) is 6.54 Å². The van der Waals surface area contributed by atoms with Crippen molar-refractivity contribution in [2.75, 3.05) is 14.2 Å². The van der Waals surface area contributed by atoms with Crippen molar-refractivity contribution in [1.82, 2.24) is 20.4 Å². The first-order valence-electron chi connectivity index (χ1n) is 7.54. The van der Waals surface area contributed by atoms with E-state index in [9.17, 15) is 4.79 Å². The molecule has 0 radical (unpaired) electrons. The summed E-state index contributed by atoms with van der Waals surface area (Å²) in [7, 11) is 3.10. The van der Waals surface area contributed by atoms with E-state index in [4.69, 9.17) is 9.47 Å². The van der Waals surface area contributed by atoms with Crippen molar-refractivity contribution in [3.05, 3.63) is 48.0 Å². The van der Waals surface area contributed by atoms with E-state index in [2.05, 4.69) is 20.8 Å². The zero-order valence-electron chi connectivity index (χ0n) is 13.8. The minimum absolute atomic E-state index is 0.0209. The van der Waals surface area contributed by atoms with Gasteiger partial charge in [0.1, 0.15) is 12.1 Å². The minimum atomic E-state index is -0.311. The second kappa shape index (κ2) is 7.43. The number of para-hydroxylation sites is 2. The van der Waals surface area contributed by atoms with E-state index in [0.717, 1.165) is 11.0 Å². The number of hydrogen-bond acceptors (Lipinski definition) is 6. The van der Waals surface area contributed by atoms with Crippen LogP contribution in [0.2, 0.25) is 0 Å². The van der Waals surface area contributed by atoms with Gasteiger partial charge in [-0.3, -0.25) is 4.79 Å². The molecule has 0 aliphatic rings. The largest absolute Gasteiger partial charge is 0.493 e. The van der Waals surface area contributed by atoms with E-state index in [0.29, 0.717) is 17.1 Å². The van der Waals surface area contributed by atoms with Gasteiger partial charge < -0.3 is 9.47 Å². The van der Waals surface area contributed by atoms with Crippen molar-refractivity contribution in [3.63, 3.8) is 0 Å². The van der Waals surface area contributed by atoms with Crippen molar-refractivity contribution < 1.29 is 14.3 Å². The molecular formula is C17H17N5O3. The first-order valence-corrected chi connectivity index (χ1v) is 7.54. The predicted molar refractivity (Wildman–Crippen MR) is 92.8 cm³/mol. The molecule has 0 spiro atoms. The Labute approximate surface area is 144 Å². The Kier molecular flexibility index (Phi) is 4.89. The number of nitrogens with one attached hydrogen (secondary N) is 1. The summed E-state index contributed by atoms with van der Waals surface area (Å²) >= 11 is 0. The summed E-state index contributed by atoms with van der Waals surface area (Å²) in [6, 6.07) is 12.8. The second-order valence-corrected chi connectivity index (χ2v) is 5.11. The maximum Gasteiger partial charge on any atom is 0.261 e. The molecule has 0 saturated carbocycles. The molecule has 0 aliphatic carbocycles. The van der Waals surface area contributed by atoms with Gasteiger partial charge in [0.25, 0.3) is 5.91 Å². The number of benzene rings is 2. The van der Waals surface area contributed by atoms with E-state index < -0.39 is 0 Å². The fourth-order valence-electron chi connectivity index (χ4n) is 2.39. The second-order valence-electron chi connectivity index (χ2n) is 5.11. The Balaban J connectivity index is 1.67. The number of ether oxygens (including phenoxy) is 2. The third-order valence-corrected chi connectivity index (χ3v) is 3.54. The number of hydrogen-bond donors (Lipinski definition) is 1. The Morgan fingerprint density at radius 2 is 2.04 bits per heavy atom. The third-order valence-electron chi connectivity index (χ3n) is 3.54. The molecule has 3 aromatic rings. The normalized spacial score (nSPS) is 11.0. The summed E-state index contributed by atoms with van der Waals surface area (Å²) in [5.41, 5.74) is 4.68. The molecular weight excluding hydrogens is 322 g/mol. The van der Waals surface area contributed by atoms with Crippen LogP contribution in [0.25, 0.3) is 11.0 Å². The van der Waals surface area contributed by atoms with E-state index in [1.165, 1.54) is 10.9 Å². The number of hydrazone groups is 1. The van der Waals surface area contributed by atoms with Crippen LogP contribution in [0.4, 0.5) is 0 Å². The lowest BCUT2D eigenvalue weighted by Gasteiger charge is -2.09. The van der Waals surface area contributed by atoms with Gasteiger partial charge in [-0.25, -0.2) is 10.1 Å². The van der Waals surface area contributed by atoms with Gasteiger partial charge in [-0.2, -0.15) is 5.10 Å². The molecule has 8 nitrogen and oxygen atoms in total. The summed E-state index contributed by atoms with van der Waals surface area (Å²) in [5, 5.41) is 11.9. The van der Waals surface area contributed by atoms with Crippen LogP contribution >= 0.6 is 0 Å². The molecule has 3 rings (SSSR count). The van der Waals surface area contributed by atoms with E-state index in [1.807, 2.05) is 36.4 Å². The molecule has 0 fully saturated rings. The zero-order chi connectivity index (χ0) is 17.6. The van der Waals surface area contributed by atoms with Gasteiger partial charge in [0.15, 0.2) is 11.5 Å². The number of methoxy groups -OCH3 is 2. The highest BCUT2D eigenvalue weighted by atomic mass is 16.5. The van der Waals surface area contributed by atoms with E-state index in [1.54, 1.807) is 20.3 Å². The van der Waals surface area contributed by atoms with Crippen LogP contribution in [0, 0.1) is 0 Å². The Morgan fingerprint density at radius 1 is 1.20 bits per heavy atom. The Morgan fingerprint density at radius 3 is 2.84 bits per heavy atom. The van der Waals surface area contributed by atoms with Gasteiger partial charge >= 0.3 is 0 Å². The van der Waals surface area contributed by atoms with Crippen LogP contribution < -0.4 is 14.9 Å². The highest BCUT2D eigenvalue weighted by Gasteiger charge is 2.09. The first kappa shape index (κ1) is 16.4. The zero-order valence-corrected chi connectivity index (χ0v) is 13.8. The molecule has 128 valence electrons. The molecule has 0 saturated heterocycles. The monoisotopic (exact) mass is 339 g/mol. The Bertz CT molecular complexity index is 920. The van der Waals surface area contributed by atoms with Gasteiger partial charge in [0.05, 0.1) is 26.0 Å². The number of carbonyl (C=O) groups is 1. The fourth-order valence-corrected chi connectivity index (χ4v) is 2.39. The van der Waals surface area contributed by atoms with Gasteiger partial charge in [-0.05, 0) is 24.3 Å². The molecule has 0 unspecified atom stereocenters. The summed E-state index contributed by atoms with van der Waals surface area (Å²) in [5.74, 6) is 0.825. The van der Waals surface area contributed by atoms with E-state index >= 15 is 0 Å². The smallest absolute Gasteiger partial charge is 0.261 e. The van der Waals surface area contributed by atoms with Gasteiger partial charge in [-0.15, -0.1) is 5.10 Å². The van der Waals surface area contributed by atoms with Gasteiger partial charge in [-0.1, -0.05) is 23.4 Å². The molecule has 0 atom stereocenters. The molecule has 1 N–H and O–H groups in total. The highest BCUT2D eigenvalue weighted by molar-refractivity contribution is 5.86. The number of carbonyl (C=O) groups excluding carboxylic acids is 1. The summed E-state index contributed by atoms with van der Waals surface area (Å²) in [6.07, 6.45) is 1.50. The predicted octanol–water partition coefficient (Wildman–Crippen LogP) is 1.60. The minimum Gasteiger partial charge on any atom is -0.493 e. The molecule has 2 aromatic carbocycles. The van der Waals surface area contributed by atoms with Crippen LogP contribution in [0.3, 0.4) is 0 Å². The summed E-state index contributed by atoms with van der Waals surface area (Å²) in [4.78, 5) is 12.1. The maximum atomic E-state index is 12.1. The number of aromatic nitrogens is 3. The average Bonchev–Trinajstić information content (AvgIpc) is 3.04. The fraction of sp³-hybridized carbons (Fsp3) is 0.176. The highest BCUT2D eigenvalue weighted by Crippen LogP contribution is 2.29. The van der Waals surface area contributed by atoms with Crippen LogP contribution in [-0.2, 0) is 11.3 Å². The first-order chi connectivity index (χ1) is 12.2. The Hall–Kier alpha value is -3.42. The lowest BCUT2D eigenvalue weighted by atomic mass is 10.2. The molecule has 1 amide bonds. The third kappa shape index (κ3) is 3.57. The van der Waals surface area contributed by atoms with Crippen LogP contribution in [0.5, 0.6) is 11.5 Å². The molecule has 25 heavy (non-hydrogen) atoms.